The van der Waals surface area contributed by atoms with Crippen LogP contribution < -0.4 is 16.0 Å². The first kappa shape index (κ1) is 23.4. The Kier molecular flexibility index (Phi) is 10.4. The Morgan fingerprint density at radius 2 is 1.93 bits per heavy atom. The summed E-state index contributed by atoms with van der Waals surface area (Å²) in [5.74, 6) is 0.155. The molecule has 152 valence electrons. The minimum atomic E-state index is -0.242. The number of guanidine groups is 1. The molecule has 1 aliphatic rings. The number of halogens is 2. The lowest BCUT2D eigenvalue weighted by molar-refractivity contribution is -0.131. The van der Waals surface area contributed by atoms with E-state index in [-0.39, 0.29) is 41.7 Å². The standard InChI is InChI=1S/C18H28FN5O2.HI/c1-14(13-26-2)22-18(20)21-8-7-17(25)24-11-9-23(10-12-24)16-5-3-15(19)4-6-16;/h3-6,14H,7-13H2,1-2H3,(H3,20,21,22);1H. The predicted octanol–water partition coefficient (Wildman–Crippen LogP) is 1.42. The molecule has 0 aliphatic carbocycles. The Morgan fingerprint density at radius 3 is 2.52 bits per heavy atom. The average Bonchev–Trinajstić information content (AvgIpc) is 2.62. The van der Waals surface area contributed by atoms with Crippen LogP contribution in [0.2, 0.25) is 0 Å². The fourth-order valence-corrected chi connectivity index (χ4v) is 2.89. The molecule has 1 aromatic carbocycles. The van der Waals surface area contributed by atoms with Crippen LogP contribution in [0.3, 0.4) is 0 Å². The summed E-state index contributed by atoms with van der Waals surface area (Å²) in [5, 5.41) is 3.01. The van der Waals surface area contributed by atoms with Gasteiger partial charge in [0.05, 0.1) is 13.2 Å². The van der Waals surface area contributed by atoms with E-state index in [0.29, 0.717) is 38.6 Å². The summed E-state index contributed by atoms with van der Waals surface area (Å²) >= 11 is 0. The molecule has 1 fully saturated rings. The molecular formula is C18H29FIN5O2. The minimum Gasteiger partial charge on any atom is -0.383 e. The molecule has 0 saturated carbocycles. The molecule has 0 radical (unpaired) electrons. The lowest BCUT2D eigenvalue weighted by Gasteiger charge is -2.36. The van der Waals surface area contributed by atoms with Gasteiger partial charge in [-0.15, -0.1) is 24.0 Å². The number of aliphatic imine (C=N–C) groups is 1. The molecule has 0 bridgehead atoms. The maximum absolute atomic E-state index is 13.0. The predicted molar refractivity (Wildman–Crippen MR) is 116 cm³/mol. The van der Waals surface area contributed by atoms with Crippen LogP contribution in [0.4, 0.5) is 10.1 Å². The topological polar surface area (TPSA) is 83.2 Å². The van der Waals surface area contributed by atoms with Crippen LogP contribution in [0.15, 0.2) is 29.3 Å². The summed E-state index contributed by atoms with van der Waals surface area (Å²) in [6.45, 7) is 5.61. The molecule has 1 aromatic rings. The van der Waals surface area contributed by atoms with Crippen LogP contribution >= 0.6 is 24.0 Å². The third-order valence-corrected chi connectivity index (χ3v) is 4.24. The van der Waals surface area contributed by atoms with E-state index in [1.54, 1.807) is 19.2 Å². The van der Waals surface area contributed by atoms with Crippen molar-refractivity contribution in [3.8, 4) is 0 Å². The van der Waals surface area contributed by atoms with Gasteiger partial charge in [0.15, 0.2) is 5.96 Å². The normalized spacial score (nSPS) is 15.9. The molecule has 27 heavy (non-hydrogen) atoms. The Morgan fingerprint density at radius 1 is 1.30 bits per heavy atom. The molecule has 2 rings (SSSR count). The summed E-state index contributed by atoms with van der Waals surface area (Å²) in [6.07, 6.45) is 0.331. The van der Waals surface area contributed by atoms with Crippen LogP contribution in [0.25, 0.3) is 0 Å². The average molecular weight is 493 g/mol. The van der Waals surface area contributed by atoms with Gasteiger partial charge in [0, 0.05) is 51.4 Å². The molecule has 1 atom stereocenters. The Bertz CT molecular complexity index is 606. The number of hydrogen-bond donors (Lipinski definition) is 2. The lowest BCUT2D eigenvalue weighted by atomic mass is 10.2. The quantitative estimate of drug-likeness (QED) is 0.341. The van der Waals surface area contributed by atoms with Crippen molar-refractivity contribution in [2.45, 2.75) is 19.4 Å². The summed E-state index contributed by atoms with van der Waals surface area (Å²) in [7, 11) is 1.63. The molecule has 1 amide bonds. The number of nitrogens with two attached hydrogens (primary N) is 1. The van der Waals surface area contributed by atoms with Gasteiger partial charge in [-0.3, -0.25) is 9.79 Å². The number of ether oxygens (including phenoxy) is 1. The number of rotatable bonds is 7. The highest BCUT2D eigenvalue weighted by Gasteiger charge is 2.20. The number of nitrogens with one attached hydrogen (secondary N) is 1. The molecule has 3 N–H and O–H groups in total. The second-order valence-electron chi connectivity index (χ2n) is 6.36. The van der Waals surface area contributed by atoms with Gasteiger partial charge in [0.1, 0.15) is 5.82 Å². The maximum Gasteiger partial charge on any atom is 0.224 e. The van der Waals surface area contributed by atoms with Crippen LogP contribution in [-0.4, -0.2) is 69.2 Å². The molecule has 1 saturated heterocycles. The van der Waals surface area contributed by atoms with E-state index in [4.69, 9.17) is 10.5 Å². The van der Waals surface area contributed by atoms with Gasteiger partial charge in [0.2, 0.25) is 5.91 Å². The highest BCUT2D eigenvalue weighted by atomic mass is 127. The van der Waals surface area contributed by atoms with Gasteiger partial charge < -0.3 is 25.6 Å². The molecule has 1 unspecified atom stereocenters. The van der Waals surface area contributed by atoms with Crippen molar-refractivity contribution < 1.29 is 13.9 Å². The van der Waals surface area contributed by atoms with Crippen LogP contribution in [0, 0.1) is 5.82 Å². The molecule has 1 aliphatic heterocycles. The van der Waals surface area contributed by atoms with E-state index in [1.165, 1.54) is 12.1 Å². The number of hydrogen-bond acceptors (Lipinski definition) is 4. The Balaban J connectivity index is 0.00000364. The number of nitrogens with zero attached hydrogens (tertiary/aromatic N) is 3. The zero-order valence-electron chi connectivity index (χ0n) is 15.9. The lowest BCUT2D eigenvalue weighted by Crippen LogP contribution is -2.49. The Labute approximate surface area is 177 Å². The maximum atomic E-state index is 13.0. The molecule has 0 aromatic heterocycles. The van der Waals surface area contributed by atoms with Crippen LogP contribution in [0.1, 0.15) is 13.3 Å². The van der Waals surface area contributed by atoms with E-state index in [2.05, 4.69) is 15.2 Å². The van der Waals surface area contributed by atoms with E-state index in [9.17, 15) is 9.18 Å². The number of benzene rings is 1. The third kappa shape index (κ3) is 7.87. The van der Waals surface area contributed by atoms with E-state index >= 15 is 0 Å². The number of methoxy groups -OCH3 is 1. The fraction of sp³-hybridized carbons (Fsp3) is 0.556. The summed E-state index contributed by atoms with van der Waals surface area (Å²) in [4.78, 5) is 20.5. The minimum absolute atomic E-state index is 0. The van der Waals surface area contributed by atoms with Crippen molar-refractivity contribution in [2.24, 2.45) is 10.7 Å². The van der Waals surface area contributed by atoms with Crippen molar-refractivity contribution in [2.75, 3.05) is 51.3 Å². The first-order valence-electron chi connectivity index (χ1n) is 8.83. The van der Waals surface area contributed by atoms with Gasteiger partial charge in [-0.1, -0.05) is 0 Å². The van der Waals surface area contributed by atoms with Gasteiger partial charge >= 0.3 is 0 Å². The highest BCUT2D eigenvalue weighted by molar-refractivity contribution is 14.0. The first-order chi connectivity index (χ1) is 12.5. The van der Waals surface area contributed by atoms with Crippen LogP contribution in [-0.2, 0) is 9.53 Å². The van der Waals surface area contributed by atoms with E-state index in [0.717, 1.165) is 18.8 Å². The van der Waals surface area contributed by atoms with E-state index in [1.807, 2.05) is 11.8 Å². The Hall–Kier alpha value is -1.62. The van der Waals surface area contributed by atoms with Gasteiger partial charge in [-0.25, -0.2) is 4.39 Å². The number of amides is 1. The smallest absolute Gasteiger partial charge is 0.224 e. The molecule has 0 spiro atoms. The van der Waals surface area contributed by atoms with Crippen molar-refractivity contribution in [3.63, 3.8) is 0 Å². The highest BCUT2D eigenvalue weighted by Crippen LogP contribution is 2.17. The SMILES string of the molecule is COCC(C)NC(N)=NCCC(=O)N1CCN(c2ccc(F)cc2)CC1.I. The van der Waals surface area contributed by atoms with Crippen molar-refractivity contribution in [3.05, 3.63) is 30.1 Å². The summed E-state index contributed by atoms with van der Waals surface area (Å²) < 4.78 is 18.0. The third-order valence-electron chi connectivity index (χ3n) is 4.24. The number of carbonyl (C=O) groups excluding carboxylic acids is 1. The fourth-order valence-electron chi connectivity index (χ4n) is 2.89. The van der Waals surface area contributed by atoms with Gasteiger partial charge in [-0.05, 0) is 31.2 Å². The summed E-state index contributed by atoms with van der Waals surface area (Å²) in [6, 6.07) is 6.51. The summed E-state index contributed by atoms with van der Waals surface area (Å²) in [5.41, 5.74) is 6.77. The zero-order valence-corrected chi connectivity index (χ0v) is 18.2. The van der Waals surface area contributed by atoms with Crippen LogP contribution in [0.5, 0.6) is 0 Å². The first-order valence-corrected chi connectivity index (χ1v) is 8.83. The molecule has 9 heteroatoms. The van der Waals surface area contributed by atoms with Gasteiger partial charge in [0.25, 0.3) is 0 Å². The van der Waals surface area contributed by atoms with E-state index < -0.39 is 0 Å². The second kappa shape index (κ2) is 12.0. The number of piperazine rings is 1. The largest absolute Gasteiger partial charge is 0.383 e. The zero-order chi connectivity index (χ0) is 18.9. The number of carbonyl (C=O) groups is 1. The van der Waals surface area contributed by atoms with Crippen molar-refractivity contribution in [1.82, 2.24) is 10.2 Å². The molecule has 1 heterocycles. The van der Waals surface area contributed by atoms with Crippen molar-refractivity contribution in [1.29, 1.82) is 0 Å². The number of anilines is 1. The molecular weight excluding hydrogens is 464 g/mol. The molecule has 7 nitrogen and oxygen atoms in total. The monoisotopic (exact) mass is 493 g/mol. The van der Waals surface area contributed by atoms with Gasteiger partial charge in [-0.2, -0.15) is 0 Å². The second-order valence-corrected chi connectivity index (χ2v) is 6.36. The van der Waals surface area contributed by atoms with Crippen molar-refractivity contribution >= 4 is 41.5 Å².